The predicted molar refractivity (Wildman–Crippen MR) is 144 cm³/mol. The van der Waals surface area contributed by atoms with Crippen molar-refractivity contribution in [3.05, 3.63) is 21.8 Å². The number of nitrogens with one attached hydrogen (secondary N) is 3. The lowest BCUT2D eigenvalue weighted by Gasteiger charge is -2.21. The smallest absolute Gasteiger partial charge is 0.305 e. The topological polar surface area (TPSA) is 114 Å². The third kappa shape index (κ3) is 8.29. The number of anilines is 1. The summed E-state index contributed by atoms with van der Waals surface area (Å²) in [5.41, 5.74) is 1.09. The van der Waals surface area contributed by atoms with Crippen LogP contribution in [0.15, 0.2) is 0 Å². The summed E-state index contributed by atoms with van der Waals surface area (Å²) in [5.74, 6) is -1.34. The van der Waals surface area contributed by atoms with Gasteiger partial charge in [-0.05, 0) is 102 Å². The van der Waals surface area contributed by atoms with Crippen LogP contribution in [0.25, 0.3) is 0 Å². The van der Waals surface area contributed by atoms with E-state index in [1.165, 1.54) is 7.11 Å². The molecule has 0 radical (unpaired) electrons. The molecule has 0 aliphatic rings. The van der Waals surface area contributed by atoms with E-state index in [2.05, 4.69) is 20.7 Å². The van der Waals surface area contributed by atoms with Crippen molar-refractivity contribution in [3.63, 3.8) is 0 Å². The van der Waals surface area contributed by atoms with Crippen molar-refractivity contribution in [2.45, 2.75) is 59.0 Å². The number of hydrogen-bond donors (Lipinski definition) is 3. The van der Waals surface area contributed by atoms with Crippen molar-refractivity contribution in [1.82, 2.24) is 10.6 Å². The lowest BCUT2D eigenvalue weighted by Crippen LogP contribution is -2.35. The van der Waals surface area contributed by atoms with Crippen LogP contribution in [0.2, 0.25) is 0 Å². The predicted octanol–water partition coefficient (Wildman–Crippen LogP) is 4.06. The number of carbonyl (C=O) groups excluding carboxylic acids is 4. The lowest BCUT2D eigenvalue weighted by molar-refractivity contribution is -0.140. The van der Waals surface area contributed by atoms with Crippen LogP contribution >= 0.6 is 67.8 Å². The van der Waals surface area contributed by atoms with Crippen molar-refractivity contribution < 1.29 is 23.9 Å². The van der Waals surface area contributed by atoms with Crippen molar-refractivity contribution in [1.29, 1.82) is 0 Å². The summed E-state index contributed by atoms with van der Waals surface area (Å²) in [4.78, 5) is 49.6. The first-order valence-electron chi connectivity index (χ1n) is 9.59. The molecular weight excluding hydrogens is 743 g/mol. The average Bonchev–Trinajstić information content (AvgIpc) is 2.63. The maximum Gasteiger partial charge on any atom is 0.305 e. The van der Waals surface area contributed by atoms with E-state index in [4.69, 9.17) is 0 Å². The lowest BCUT2D eigenvalue weighted by atomic mass is 10.1. The number of hydrogen-bond acceptors (Lipinski definition) is 5. The molecule has 1 aromatic carbocycles. The van der Waals surface area contributed by atoms with E-state index in [0.717, 1.165) is 0 Å². The molecule has 1 rings (SSSR count). The van der Waals surface area contributed by atoms with Crippen molar-refractivity contribution in [3.8, 4) is 0 Å². The van der Waals surface area contributed by atoms with Crippen LogP contribution in [0.4, 0.5) is 5.69 Å². The minimum absolute atomic E-state index is 0.0947. The number of esters is 1. The number of ether oxygens (including phenoxy) is 1. The van der Waals surface area contributed by atoms with E-state index in [0.29, 0.717) is 33.9 Å². The number of halogens is 3. The third-order valence-electron chi connectivity index (χ3n) is 3.89. The standard InChI is InChI=1S/C20H26I3N3O5/c1-9(2)24-19(29)13-15(21)14(20(30)25-10(3)4)17(23)18(16(13)22)26-11(27)7-6-8-12(28)31-5/h9-10H,6-8H2,1-5H3,(H,24,29)(H,25,30)(H,26,27). The van der Waals surface area contributed by atoms with Gasteiger partial charge in [-0.2, -0.15) is 0 Å². The average molecular weight is 769 g/mol. The second-order valence-corrected chi connectivity index (χ2v) is 10.5. The molecule has 0 unspecified atom stereocenters. The van der Waals surface area contributed by atoms with Crippen LogP contribution in [-0.2, 0) is 14.3 Å². The van der Waals surface area contributed by atoms with E-state index < -0.39 is 0 Å². The van der Waals surface area contributed by atoms with Gasteiger partial charge in [0.05, 0.1) is 31.1 Å². The van der Waals surface area contributed by atoms with Gasteiger partial charge >= 0.3 is 5.97 Å². The normalized spacial score (nSPS) is 10.8. The summed E-state index contributed by atoms with van der Waals surface area (Å²) in [6.45, 7) is 7.39. The highest BCUT2D eigenvalue weighted by Crippen LogP contribution is 2.36. The van der Waals surface area contributed by atoms with E-state index >= 15 is 0 Å². The molecule has 1 aromatic rings. The van der Waals surface area contributed by atoms with Gasteiger partial charge in [0.15, 0.2) is 0 Å². The van der Waals surface area contributed by atoms with Crippen LogP contribution in [-0.4, -0.2) is 42.9 Å². The second kappa shape index (κ2) is 13.1. The van der Waals surface area contributed by atoms with Crippen LogP contribution in [0, 0.1) is 10.7 Å². The Kier molecular flexibility index (Phi) is 12.0. The van der Waals surface area contributed by atoms with Crippen LogP contribution in [0.5, 0.6) is 0 Å². The number of rotatable bonds is 9. The van der Waals surface area contributed by atoms with Crippen LogP contribution < -0.4 is 16.0 Å². The summed E-state index contributed by atoms with van der Waals surface area (Å²) >= 11 is 6.04. The van der Waals surface area contributed by atoms with Crippen molar-refractivity contribution in [2.24, 2.45) is 0 Å². The first-order valence-corrected chi connectivity index (χ1v) is 12.8. The maximum atomic E-state index is 12.9. The van der Waals surface area contributed by atoms with Gasteiger partial charge in [0, 0.05) is 28.5 Å². The van der Waals surface area contributed by atoms with Gasteiger partial charge in [-0.3, -0.25) is 19.2 Å². The number of methoxy groups -OCH3 is 1. The van der Waals surface area contributed by atoms with Gasteiger partial charge in [-0.1, -0.05) is 0 Å². The SMILES string of the molecule is COC(=O)CCCC(=O)Nc1c(I)c(C(=O)NC(C)C)c(I)c(C(=O)NC(C)C)c1I. The molecule has 0 saturated carbocycles. The quantitative estimate of drug-likeness (QED) is 0.259. The maximum absolute atomic E-state index is 12.9. The van der Waals surface area contributed by atoms with Crippen molar-refractivity contribution in [2.75, 3.05) is 12.4 Å². The molecule has 8 nitrogen and oxygen atoms in total. The second-order valence-electron chi connectivity index (χ2n) is 7.30. The molecule has 11 heteroatoms. The highest BCUT2D eigenvalue weighted by Gasteiger charge is 2.29. The minimum Gasteiger partial charge on any atom is -0.469 e. The third-order valence-corrected chi connectivity index (χ3v) is 7.12. The first-order chi connectivity index (χ1) is 14.4. The molecule has 0 heterocycles. The number of amides is 3. The summed E-state index contributed by atoms with van der Waals surface area (Å²) < 4.78 is 6.20. The summed E-state index contributed by atoms with van der Waals surface area (Å²) in [6, 6.07) is -0.189. The molecular formula is C20H26I3N3O5. The molecule has 0 aliphatic carbocycles. The fraction of sp³-hybridized carbons (Fsp3) is 0.500. The Morgan fingerprint density at radius 2 is 1.26 bits per heavy atom. The fourth-order valence-electron chi connectivity index (χ4n) is 2.54. The molecule has 0 fully saturated rings. The van der Waals surface area contributed by atoms with Gasteiger partial charge in [0.1, 0.15) is 0 Å². The number of carbonyl (C=O) groups is 4. The van der Waals surface area contributed by atoms with E-state index in [1.807, 2.05) is 95.5 Å². The van der Waals surface area contributed by atoms with Crippen LogP contribution in [0.1, 0.15) is 67.7 Å². The van der Waals surface area contributed by atoms with Gasteiger partial charge in [0.2, 0.25) is 5.91 Å². The Morgan fingerprint density at radius 3 is 1.65 bits per heavy atom. The zero-order valence-corrected chi connectivity index (χ0v) is 24.4. The zero-order valence-electron chi connectivity index (χ0n) is 18.0. The molecule has 0 aliphatic heterocycles. The van der Waals surface area contributed by atoms with Gasteiger partial charge in [-0.25, -0.2) is 0 Å². The Bertz CT molecular complexity index is 823. The molecule has 0 spiro atoms. The Morgan fingerprint density at radius 1 is 0.806 bits per heavy atom. The molecule has 0 aromatic heterocycles. The molecule has 31 heavy (non-hydrogen) atoms. The molecule has 172 valence electrons. The minimum atomic E-state index is -0.383. The molecule has 0 saturated heterocycles. The number of benzene rings is 1. The molecule has 3 amide bonds. The van der Waals surface area contributed by atoms with Gasteiger partial charge in [0.25, 0.3) is 11.8 Å². The largest absolute Gasteiger partial charge is 0.469 e. The highest BCUT2D eigenvalue weighted by molar-refractivity contribution is 14.1. The fourth-order valence-corrected chi connectivity index (χ4v) is 6.95. The van der Waals surface area contributed by atoms with E-state index in [9.17, 15) is 19.2 Å². The summed E-state index contributed by atoms with van der Waals surface area (Å²) in [7, 11) is 1.30. The van der Waals surface area contributed by atoms with E-state index in [-0.39, 0.29) is 48.6 Å². The highest BCUT2D eigenvalue weighted by atomic mass is 127. The monoisotopic (exact) mass is 769 g/mol. The van der Waals surface area contributed by atoms with Gasteiger partial charge in [-0.15, -0.1) is 0 Å². The molecule has 0 bridgehead atoms. The van der Waals surface area contributed by atoms with E-state index in [1.54, 1.807) is 0 Å². The molecule has 0 atom stereocenters. The Hall–Kier alpha value is -0.710. The molecule has 3 N–H and O–H groups in total. The Labute approximate surface area is 223 Å². The van der Waals surface area contributed by atoms with Gasteiger partial charge < -0.3 is 20.7 Å². The summed E-state index contributed by atoms with van der Waals surface area (Å²) in [5, 5.41) is 8.53. The Balaban J connectivity index is 3.41. The van der Waals surface area contributed by atoms with Crippen LogP contribution in [0.3, 0.4) is 0 Å². The first kappa shape index (κ1) is 28.3. The zero-order chi connectivity index (χ0) is 23.9. The summed E-state index contributed by atoms with van der Waals surface area (Å²) in [6.07, 6.45) is 0.570. The van der Waals surface area contributed by atoms with Crippen molar-refractivity contribution >= 4 is 97.2 Å².